The summed E-state index contributed by atoms with van der Waals surface area (Å²) >= 11 is 13.7. The Labute approximate surface area is 115 Å². The second kappa shape index (κ2) is 6.14. The van der Waals surface area contributed by atoms with Crippen molar-refractivity contribution in [2.24, 2.45) is 0 Å². The molecule has 17 heavy (non-hydrogen) atoms. The van der Waals surface area contributed by atoms with Crippen LogP contribution in [0, 0.1) is 0 Å². The fourth-order valence-electron chi connectivity index (χ4n) is 1.67. The number of rotatable bonds is 4. The van der Waals surface area contributed by atoms with E-state index in [9.17, 15) is 0 Å². The zero-order chi connectivity index (χ0) is 12.3. The highest BCUT2D eigenvalue weighted by molar-refractivity contribution is 7.99. The fraction of sp³-hybridized carbons (Fsp3) is 0.545. The monoisotopic (exact) mass is 292 g/mol. The van der Waals surface area contributed by atoms with E-state index in [1.54, 1.807) is 24.9 Å². The highest BCUT2D eigenvalue weighted by Crippen LogP contribution is 2.33. The predicted octanol–water partition coefficient (Wildman–Crippen LogP) is 3.70. The lowest BCUT2D eigenvalue weighted by atomic mass is 10.3. The van der Waals surface area contributed by atoms with Crippen molar-refractivity contribution in [1.29, 1.82) is 0 Å². The van der Waals surface area contributed by atoms with Gasteiger partial charge in [-0.3, -0.25) is 0 Å². The lowest BCUT2D eigenvalue weighted by Gasteiger charge is -2.11. The molecule has 1 aliphatic heterocycles. The molecule has 3 nitrogen and oxygen atoms in total. The average molecular weight is 293 g/mol. The summed E-state index contributed by atoms with van der Waals surface area (Å²) in [7, 11) is 1.79. The Morgan fingerprint density at radius 1 is 1.53 bits per heavy atom. The predicted molar refractivity (Wildman–Crippen MR) is 73.5 cm³/mol. The number of pyridine rings is 1. The molecule has 1 N–H and O–H groups in total. The number of aromatic nitrogens is 1. The van der Waals surface area contributed by atoms with E-state index >= 15 is 0 Å². The molecule has 1 unspecified atom stereocenters. The molecule has 1 fully saturated rings. The third kappa shape index (κ3) is 3.41. The second-order valence-electron chi connectivity index (χ2n) is 3.80. The molecule has 0 bridgehead atoms. The molecule has 1 saturated heterocycles. The molecule has 0 spiro atoms. The van der Waals surface area contributed by atoms with E-state index < -0.39 is 0 Å². The highest BCUT2D eigenvalue weighted by atomic mass is 35.5. The molecule has 0 aromatic carbocycles. The third-order valence-corrected chi connectivity index (χ3v) is 4.38. The first-order valence-electron chi connectivity index (χ1n) is 5.49. The van der Waals surface area contributed by atoms with Crippen molar-refractivity contribution in [3.63, 3.8) is 0 Å². The Balaban J connectivity index is 2.03. The van der Waals surface area contributed by atoms with Gasteiger partial charge in [-0.05, 0) is 18.9 Å². The smallest absolute Gasteiger partial charge is 0.145 e. The summed E-state index contributed by atoms with van der Waals surface area (Å²) < 4.78 is 5.56. The van der Waals surface area contributed by atoms with Crippen molar-refractivity contribution in [2.45, 2.75) is 24.0 Å². The average Bonchev–Trinajstić information content (AvgIpc) is 2.81. The van der Waals surface area contributed by atoms with Gasteiger partial charge in [0.1, 0.15) is 10.8 Å². The van der Waals surface area contributed by atoms with Crippen LogP contribution in [0.5, 0.6) is 0 Å². The van der Waals surface area contributed by atoms with E-state index in [4.69, 9.17) is 27.9 Å². The van der Waals surface area contributed by atoms with E-state index in [1.807, 2.05) is 0 Å². The Morgan fingerprint density at radius 2 is 2.35 bits per heavy atom. The van der Waals surface area contributed by atoms with Crippen LogP contribution in [0.1, 0.15) is 12.8 Å². The largest absolute Gasteiger partial charge is 0.377 e. The normalized spacial score (nSPS) is 19.6. The molecule has 1 aliphatic rings. The lowest BCUT2D eigenvalue weighted by molar-refractivity contribution is 0.129. The standard InChI is InChI=1S/C11H14Cl2N2OS/c1-14-10-8(12)5-9(13)11(15-10)17-6-7-3-2-4-16-7/h5,7H,2-4,6H2,1H3,(H,14,15). The van der Waals surface area contributed by atoms with Crippen molar-refractivity contribution >= 4 is 40.8 Å². The molecule has 0 radical (unpaired) electrons. The van der Waals surface area contributed by atoms with Gasteiger partial charge in [-0.2, -0.15) is 0 Å². The minimum absolute atomic E-state index is 0.326. The van der Waals surface area contributed by atoms with Crippen LogP contribution < -0.4 is 5.32 Å². The number of ether oxygens (including phenoxy) is 1. The molecule has 94 valence electrons. The van der Waals surface area contributed by atoms with Crippen LogP contribution >= 0.6 is 35.0 Å². The first-order chi connectivity index (χ1) is 8.20. The molecule has 1 aromatic rings. The molecule has 0 amide bonds. The van der Waals surface area contributed by atoms with Crippen LogP contribution in [0.25, 0.3) is 0 Å². The van der Waals surface area contributed by atoms with Gasteiger partial charge in [0.2, 0.25) is 0 Å². The summed E-state index contributed by atoms with van der Waals surface area (Å²) in [5.41, 5.74) is 0. The van der Waals surface area contributed by atoms with Gasteiger partial charge in [-0.25, -0.2) is 4.98 Å². The summed E-state index contributed by atoms with van der Waals surface area (Å²) in [6, 6.07) is 1.72. The van der Waals surface area contributed by atoms with Gasteiger partial charge in [-0.1, -0.05) is 23.2 Å². The van der Waals surface area contributed by atoms with Gasteiger partial charge < -0.3 is 10.1 Å². The van der Waals surface area contributed by atoms with Crippen molar-refractivity contribution in [3.8, 4) is 0 Å². The van der Waals surface area contributed by atoms with E-state index in [0.29, 0.717) is 22.0 Å². The summed E-state index contributed by atoms with van der Waals surface area (Å²) in [5.74, 6) is 1.54. The van der Waals surface area contributed by atoms with Gasteiger partial charge >= 0.3 is 0 Å². The zero-order valence-electron chi connectivity index (χ0n) is 9.50. The number of hydrogen-bond donors (Lipinski definition) is 1. The van der Waals surface area contributed by atoms with Crippen molar-refractivity contribution in [1.82, 2.24) is 4.98 Å². The number of thioether (sulfide) groups is 1. The van der Waals surface area contributed by atoms with Gasteiger partial charge in [0, 0.05) is 19.4 Å². The zero-order valence-corrected chi connectivity index (χ0v) is 11.8. The summed E-state index contributed by atoms with van der Waals surface area (Å²) in [6.07, 6.45) is 2.60. The Bertz CT molecular complexity index is 397. The number of anilines is 1. The minimum atomic E-state index is 0.326. The Kier molecular flexibility index (Phi) is 4.79. The molecular formula is C11H14Cl2N2OS. The number of nitrogens with one attached hydrogen (secondary N) is 1. The first-order valence-corrected chi connectivity index (χ1v) is 7.23. The number of halogens is 2. The molecule has 1 atom stereocenters. The molecule has 1 aromatic heterocycles. The van der Waals surface area contributed by atoms with E-state index in [1.165, 1.54) is 0 Å². The van der Waals surface area contributed by atoms with Crippen LogP contribution in [0.4, 0.5) is 5.82 Å². The maximum atomic E-state index is 6.11. The van der Waals surface area contributed by atoms with E-state index in [0.717, 1.165) is 30.2 Å². The van der Waals surface area contributed by atoms with Crippen molar-refractivity contribution < 1.29 is 4.74 Å². The maximum absolute atomic E-state index is 6.11. The summed E-state index contributed by atoms with van der Waals surface area (Å²) in [5, 5.41) is 4.88. The number of nitrogens with zero attached hydrogens (tertiary/aromatic N) is 1. The molecule has 0 aliphatic carbocycles. The fourth-order valence-corrected chi connectivity index (χ4v) is 3.25. The number of hydrogen-bond acceptors (Lipinski definition) is 4. The van der Waals surface area contributed by atoms with Gasteiger partial charge in [0.25, 0.3) is 0 Å². The van der Waals surface area contributed by atoms with Crippen molar-refractivity contribution in [2.75, 3.05) is 24.7 Å². The molecule has 2 rings (SSSR count). The second-order valence-corrected chi connectivity index (χ2v) is 5.62. The summed E-state index contributed by atoms with van der Waals surface area (Å²) in [4.78, 5) is 4.38. The van der Waals surface area contributed by atoms with E-state index in [2.05, 4.69) is 10.3 Å². The van der Waals surface area contributed by atoms with Gasteiger partial charge in [0.15, 0.2) is 0 Å². The van der Waals surface area contributed by atoms with Crippen LogP contribution in [0.3, 0.4) is 0 Å². The topological polar surface area (TPSA) is 34.2 Å². The van der Waals surface area contributed by atoms with Crippen molar-refractivity contribution in [3.05, 3.63) is 16.1 Å². The summed E-state index contributed by atoms with van der Waals surface area (Å²) in [6.45, 7) is 0.870. The van der Waals surface area contributed by atoms with Gasteiger partial charge in [0.05, 0.1) is 16.1 Å². The highest BCUT2D eigenvalue weighted by Gasteiger charge is 2.17. The van der Waals surface area contributed by atoms with Crippen LogP contribution in [0.2, 0.25) is 10.0 Å². The quantitative estimate of drug-likeness (QED) is 0.858. The van der Waals surface area contributed by atoms with Crippen LogP contribution in [-0.2, 0) is 4.74 Å². The van der Waals surface area contributed by atoms with E-state index in [-0.39, 0.29) is 0 Å². The van der Waals surface area contributed by atoms with Crippen LogP contribution in [-0.4, -0.2) is 30.5 Å². The first kappa shape index (κ1) is 13.3. The minimum Gasteiger partial charge on any atom is -0.377 e. The molecule has 0 saturated carbocycles. The Hall–Kier alpha value is -0.160. The van der Waals surface area contributed by atoms with Crippen LogP contribution in [0.15, 0.2) is 11.1 Å². The van der Waals surface area contributed by atoms with Gasteiger partial charge in [-0.15, -0.1) is 11.8 Å². The Morgan fingerprint density at radius 3 is 3.00 bits per heavy atom. The molecule has 6 heteroatoms. The molecule has 2 heterocycles. The third-order valence-electron chi connectivity index (χ3n) is 2.56. The molecular weight excluding hydrogens is 279 g/mol. The SMILES string of the molecule is CNc1nc(SCC2CCCO2)c(Cl)cc1Cl. The maximum Gasteiger partial charge on any atom is 0.145 e. The lowest BCUT2D eigenvalue weighted by Crippen LogP contribution is -2.08.